The maximum absolute atomic E-state index is 13.6. The predicted molar refractivity (Wildman–Crippen MR) is 76.4 cm³/mol. The second-order valence-electron chi connectivity index (χ2n) is 4.17. The second kappa shape index (κ2) is 7.89. The smallest absolute Gasteiger partial charge is 0.129 e. The van der Waals surface area contributed by atoms with Crippen molar-refractivity contribution in [3.8, 4) is 0 Å². The number of rotatable bonds is 5. The van der Waals surface area contributed by atoms with Crippen LogP contribution in [0.5, 0.6) is 0 Å². The largest absolute Gasteiger partial charge is 0.296 e. The Labute approximate surface area is 118 Å². The molecule has 0 aliphatic heterocycles. The molecule has 0 spiro atoms. The lowest BCUT2D eigenvalue weighted by molar-refractivity contribution is 0.0443. The third-order valence-electron chi connectivity index (χ3n) is 2.95. The van der Waals surface area contributed by atoms with Crippen molar-refractivity contribution in [1.82, 2.24) is 0 Å². The van der Waals surface area contributed by atoms with Gasteiger partial charge in [-0.1, -0.05) is 48.5 Å². The van der Waals surface area contributed by atoms with Gasteiger partial charge in [-0.3, -0.25) is 4.84 Å². The standard InChI is InChI=1S/C15H16FNO.ClH/c16-14-9-5-4-8-13(14)15(18-17)11-10-12-6-2-1-3-7-12;/h1-9,15H,10-11,17H2;1H. The van der Waals surface area contributed by atoms with Gasteiger partial charge in [-0.25, -0.2) is 10.3 Å². The monoisotopic (exact) mass is 281 g/mol. The molecule has 2 nitrogen and oxygen atoms in total. The highest BCUT2D eigenvalue weighted by Gasteiger charge is 2.15. The van der Waals surface area contributed by atoms with E-state index in [1.165, 1.54) is 11.6 Å². The van der Waals surface area contributed by atoms with Crippen LogP contribution in [0.2, 0.25) is 0 Å². The van der Waals surface area contributed by atoms with Gasteiger partial charge in [0.05, 0.1) is 0 Å². The van der Waals surface area contributed by atoms with Gasteiger partial charge in [-0.05, 0) is 24.5 Å². The van der Waals surface area contributed by atoms with E-state index >= 15 is 0 Å². The van der Waals surface area contributed by atoms with Gasteiger partial charge in [0.1, 0.15) is 11.9 Å². The second-order valence-corrected chi connectivity index (χ2v) is 4.17. The van der Waals surface area contributed by atoms with Crippen molar-refractivity contribution in [2.75, 3.05) is 0 Å². The van der Waals surface area contributed by atoms with Crippen LogP contribution < -0.4 is 5.90 Å². The third kappa shape index (κ3) is 4.31. The molecule has 0 heterocycles. The summed E-state index contributed by atoms with van der Waals surface area (Å²) >= 11 is 0. The zero-order valence-electron chi connectivity index (χ0n) is 10.5. The summed E-state index contributed by atoms with van der Waals surface area (Å²) in [5, 5.41) is 0. The minimum atomic E-state index is -0.411. The van der Waals surface area contributed by atoms with E-state index in [4.69, 9.17) is 10.7 Å². The van der Waals surface area contributed by atoms with Gasteiger partial charge < -0.3 is 0 Å². The molecular formula is C15H17ClFNO. The summed E-state index contributed by atoms with van der Waals surface area (Å²) in [5.74, 6) is 4.99. The van der Waals surface area contributed by atoms with E-state index in [0.717, 1.165) is 6.42 Å². The van der Waals surface area contributed by atoms with E-state index < -0.39 is 6.10 Å². The van der Waals surface area contributed by atoms with Crippen LogP contribution in [0.25, 0.3) is 0 Å². The van der Waals surface area contributed by atoms with Crippen LogP contribution in [0, 0.1) is 5.82 Å². The lowest BCUT2D eigenvalue weighted by Gasteiger charge is -2.15. The molecule has 0 aromatic heterocycles. The fourth-order valence-electron chi connectivity index (χ4n) is 1.98. The molecule has 0 saturated heterocycles. The first kappa shape index (κ1) is 15.6. The van der Waals surface area contributed by atoms with Crippen molar-refractivity contribution in [3.63, 3.8) is 0 Å². The molecule has 0 fully saturated rings. The summed E-state index contributed by atoms with van der Waals surface area (Å²) in [6.07, 6.45) is 1.05. The van der Waals surface area contributed by atoms with E-state index in [2.05, 4.69) is 0 Å². The van der Waals surface area contributed by atoms with E-state index in [1.807, 2.05) is 30.3 Å². The van der Waals surface area contributed by atoms with Crippen LogP contribution in [0.4, 0.5) is 4.39 Å². The Bertz CT molecular complexity index is 493. The highest BCUT2D eigenvalue weighted by Crippen LogP contribution is 2.24. The Morgan fingerprint density at radius 2 is 1.63 bits per heavy atom. The van der Waals surface area contributed by atoms with Crippen molar-refractivity contribution < 1.29 is 9.23 Å². The molecule has 19 heavy (non-hydrogen) atoms. The zero-order valence-corrected chi connectivity index (χ0v) is 11.3. The molecule has 0 amide bonds. The summed E-state index contributed by atoms with van der Waals surface area (Å²) in [6, 6.07) is 16.6. The van der Waals surface area contributed by atoms with Crippen molar-refractivity contribution in [3.05, 3.63) is 71.5 Å². The molecule has 0 bridgehead atoms. The molecule has 102 valence electrons. The maximum atomic E-state index is 13.6. The molecule has 2 aromatic rings. The van der Waals surface area contributed by atoms with Crippen molar-refractivity contribution in [2.45, 2.75) is 18.9 Å². The maximum Gasteiger partial charge on any atom is 0.129 e. The molecule has 2 aromatic carbocycles. The van der Waals surface area contributed by atoms with Gasteiger partial charge >= 0.3 is 0 Å². The topological polar surface area (TPSA) is 35.2 Å². The Kier molecular flexibility index (Phi) is 6.50. The summed E-state index contributed by atoms with van der Waals surface area (Å²) < 4.78 is 13.6. The molecular weight excluding hydrogens is 265 g/mol. The fraction of sp³-hybridized carbons (Fsp3) is 0.200. The van der Waals surface area contributed by atoms with Gasteiger partial charge in [-0.2, -0.15) is 0 Å². The van der Waals surface area contributed by atoms with Crippen LogP contribution in [-0.2, 0) is 11.3 Å². The molecule has 4 heteroatoms. The molecule has 0 radical (unpaired) electrons. The van der Waals surface area contributed by atoms with Gasteiger partial charge in [0, 0.05) is 5.56 Å². The number of hydrogen-bond acceptors (Lipinski definition) is 2. The molecule has 0 aliphatic rings. The van der Waals surface area contributed by atoms with E-state index in [9.17, 15) is 4.39 Å². The lowest BCUT2D eigenvalue weighted by Crippen LogP contribution is -2.12. The first-order valence-corrected chi connectivity index (χ1v) is 5.95. The summed E-state index contributed by atoms with van der Waals surface area (Å²) in [6.45, 7) is 0. The summed E-state index contributed by atoms with van der Waals surface area (Å²) in [4.78, 5) is 4.90. The Balaban J connectivity index is 0.00000180. The Morgan fingerprint density at radius 1 is 1.00 bits per heavy atom. The lowest BCUT2D eigenvalue weighted by atomic mass is 10.0. The van der Waals surface area contributed by atoms with E-state index in [-0.39, 0.29) is 18.2 Å². The van der Waals surface area contributed by atoms with E-state index in [0.29, 0.717) is 12.0 Å². The summed E-state index contributed by atoms with van der Waals surface area (Å²) in [5.41, 5.74) is 1.70. The molecule has 1 atom stereocenters. The van der Waals surface area contributed by atoms with Gasteiger partial charge in [0.25, 0.3) is 0 Å². The van der Waals surface area contributed by atoms with Crippen molar-refractivity contribution in [1.29, 1.82) is 0 Å². The number of nitrogens with two attached hydrogens (primary N) is 1. The molecule has 2 rings (SSSR count). The normalized spacial score (nSPS) is 11.7. The third-order valence-corrected chi connectivity index (χ3v) is 2.95. The minimum absolute atomic E-state index is 0. The van der Waals surface area contributed by atoms with Crippen LogP contribution in [0.1, 0.15) is 23.7 Å². The number of hydrogen-bond donors (Lipinski definition) is 1. The van der Waals surface area contributed by atoms with Crippen LogP contribution in [0.15, 0.2) is 54.6 Å². The SMILES string of the molecule is Cl.NOC(CCc1ccccc1)c1ccccc1F. The number of halogens is 2. The van der Waals surface area contributed by atoms with Crippen molar-refractivity contribution in [2.24, 2.45) is 5.90 Å². The predicted octanol–water partition coefficient (Wildman–Crippen LogP) is 3.81. The Morgan fingerprint density at radius 3 is 2.26 bits per heavy atom. The van der Waals surface area contributed by atoms with E-state index in [1.54, 1.807) is 18.2 Å². The quantitative estimate of drug-likeness (QED) is 0.846. The first-order chi connectivity index (χ1) is 8.81. The highest BCUT2D eigenvalue weighted by molar-refractivity contribution is 5.85. The Hall–Kier alpha value is -1.42. The average molecular weight is 282 g/mol. The first-order valence-electron chi connectivity index (χ1n) is 5.95. The van der Waals surface area contributed by atoms with Crippen LogP contribution >= 0.6 is 12.4 Å². The van der Waals surface area contributed by atoms with Gasteiger partial charge in [-0.15, -0.1) is 12.4 Å². The van der Waals surface area contributed by atoms with Gasteiger partial charge in [0.2, 0.25) is 0 Å². The average Bonchev–Trinajstić information content (AvgIpc) is 2.42. The van der Waals surface area contributed by atoms with Gasteiger partial charge in [0.15, 0.2) is 0 Å². The van der Waals surface area contributed by atoms with Crippen LogP contribution in [0.3, 0.4) is 0 Å². The molecule has 0 aliphatic carbocycles. The zero-order chi connectivity index (χ0) is 12.8. The number of aryl methyl sites for hydroxylation is 1. The van der Waals surface area contributed by atoms with Crippen molar-refractivity contribution >= 4 is 12.4 Å². The summed E-state index contributed by atoms with van der Waals surface area (Å²) in [7, 11) is 0. The highest BCUT2D eigenvalue weighted by atomic mass is 35.5. The minimum Gasteiger partial charge on any atom is -0.296 e. The fourth-order valence-corrected chi connectivity index (χ4v) is 1.98. The molecule has 0 saturated carbocycles. The molecule has 2 N–H and O–H groups in total. The molecule has 1 unspecified atom stereocenters. The number of benzene rings is 2. The van der Waals surface area contributed by atoms with Crippen LogP contribution in [-0.4, -0.2) is 0 Å².